The Morgan fingerprint density at radius 2 is 2.00 bits per heavy atom. The van der Waals surface area contributed by atoms with Crippen molar-refractivity contribution >= 4 is 17.6 Å². The van der Waals surface area contributed by atoms with E-state index in [-0.39, 0.29) is 11.6 Å². The summed E-state index contributed by atoms with van der Waals surface area (Å²) in [7, 11) is 1.32. The van der Waals surface area contributed by atoms with E-state index in [9.17, 15) is 9.59 Å². The third-order valence-corrected chi connectivity index (χ3v) is 2.76. The molecule has 0 radical (unpaired) electrons. The Kier molecular flexibility index (Phi) is 3.84. The number of carbonyl (C=O) groups is 2. The molecule has 1 heterocycles. The van der Waals surface area contributed by atoms with E-state index >= 15 is 0 Å². The average Bonchev–Trinajstić information content (AvgIpc) is 2.86. The lowest BCUT2D eigenvalue weighted by Crippen LogP contribution is -2.13. The number of nitrogens with zero attached hydrogens (tertiary/aromatic N) is 1. The molecule has 6 heteroatoms. The number of aryl methyl sites for hydroxylation is 2. The molecule has 2 rings (SSSR count). The van der Waals surface area contributed by atoms with Gasteiger partial charge in [0.15, 0.2) is 5.69 Å². The molecule has 0 fully saturated rings. The van der Waals surface area contributed by atoms with Crippen LogP contribution in [0.15, 0.2) is 28.8 Å². The summed E-state index contributed by atoms with van der Waals surface area (Å²) in [5, 5.41) is 6.35. The predicted molar refractivity (Wildman–Crippen MR) is 71.7 cm³/mol. The Balaban J connectivity index is 2.18. The van der Waals surface area contributed by atoms with Crippen molar-refractivity contribution in [1.82, 2.24) is 5.16 Å². The zero-order chi connectivity index (χ0) is 14.7. The van der Waals surface area contributed by atoms with Crippen LogP contribution in [0.1, 0.15) is 32.2 Å². The van der Waals surface area contributed by atoms with Crippen LogP contribution in [0.5, 0.6) is 0 Å². The quantitative estimate of drug-likeness (QED) is 0.869. The summed E-state index contributed by atoms with van der Waals surface area (Å²) in [6, 6.07) is 6.43. The molecule has 0 spiro atoms. The second kappa shape index (κ2) is 5.56. The Labute approximate surface area is 115 Å². The van der Waals surface area contributed by atoms with Crippen molar-refractivity contribution in [2.24, 2.45) is 0 Å². The molecule has 1 aromatic heterocycles. The number of hydrogen-bond donors (Lipinski definition) is 1. The molecular formula is C14H14N2O4. The summed E-state index contributed by atoms with van der Waals surface area (Å²) in [5.41, 5.74) is 1.99. The highest BCUT2D eigenvalue weighted by atomic mass is 16.5. The Morgan fingerprint density at radius 3 is 2.55 bits per heavy atom. The summed E-state index contributed by atoms with van der Waals surface area (Å²) >= 11 is 0. The van der Waals surface area contributed by atoms with Crippen molar-refractivity contribution in [2.45, 2.75) is 13.8 Å². The fraction of sp³-hybridized carbons (Fsp3) is 0.214. The van der Waals surface area contributed by atoms with Gasteiger partial charge in [-0.1, -0.05) is 5.16 Å². The molecule has 1 aromatic carbocycles. The van der Waals surface area contributed by atoms with Gasteiger partial charge in [-0.2, -0.15) is 0 Å². The number of rotatable bonds is 3. The van der Waals surface area contributed by atoms with Crippen molar-refractivity contribution in [2.75, 3.05) is 12.4 Å². The Hall–Kier alpha value is -2.63. The second-order valence-electron chi connectivity index (χ2n) is 4.30. The SMILES string of the molecule is COC(=O)c1ccc(NC(=O)c2cc(C)on2)c(C)c1. The number of anilines is 1. The highest BCUT2D eigenvalue weighted by molar-refractivity contribution is 6.03. The molecule has 104 valence electrons. The first-order chi connectivity index (χ1) is 9.51. The molecule has 1 amide bonds. The van der Waals surface area contributed by atoms with E-state index in [0.717, 1.165) is 5.56 Å². The molecule has 0 aliphatic rings. The number of aromatic nitrogens is 1. The number of hydrogen-bond acceptors (Lipinski definition) is 5. The minimum absolute atomic E-state index is 0.207. The number of nitrogens with one attached hydrogen (secondary N) is 1. The number of benzene rings is 1. The van der Waals surface area contributed by atoms with Crippen LogP contribution in [-0.2, 0) is 4.74 Å². The molecule has 1 N–H and O–H groups in total. The lowest BCUT2D eigenvalue weighted by Gasteiger charge is -2.08. The van der Waals surface area contributed by atoms with Crippen molar-refractivity contribution in [1.29, 1.82) is 0 Å². The van der Waals surface area contributed by atoms with Gasteiger partial charge in [0.1, 0.15) is 5.76 Å². The van der Waals surface area contributed by atoms with Crippen molar-refractivity contribution < 1.29 is 18.8 Å². The molecular weight excluding hydrogens is 260 g/mol. The van der Waals surface area contributed by atoms with Crippen molar-refractivity contribution in [3.8, 4) is 0 Å². The van der Waals surface area contributed by atoms with Crippen LogP contribution < -0.4 is 5.32 Å². The molecule has 0 aliphatic carbocycles. The van der Waals surface area contributed by atoms with Crippen LogP contribution in [0, 0.1) is 13.8 Å². The van der Waals surface area contributed by atoms with Crippen LogP contribution in [0.3, 0.4) is 0 Å². The van der Waals surface area contributed by atoms with E-state index in [0.29, 0.717) is 17.0 Å². The van der Waals surface area contributed by atoms with Gasteiger partial charge in [-0.3, -0.25) is 4.79 Å². The van der Waals surface area contributed by atoms with Gasteiger partial charge in [0.05, 0.1) is 12.7 Å². The lowest BCUT2D eigenvalue weighted by atomic mass is 10.1. The number of methoxy groups -OCH3 is 1. The maximum atomic E-state index is 11.9. The summed E-state index contributed by atoms with van der Waals surface area (Å²) in [4.78, 5) is 23.3. The smallest absolute Gasteiger partial charge is 0.337 e. The van der Waals surface area contributed by atoms with Crippen molar-refractivity contribution in [3.63, 3.8) is 0 Å². The fourth-order valence-electron chi connectivity index (χ4n) is 1.71. The number of esters is 1. The summed E-state index contributed by atoms with van der Waals surface area (Å²) < 4.78 is 9.48. The standard InChI is InChI=1S/C14H14N2O4/c1-8-6-10(14(18)19-3)4-5-11(8)15-13(17)12-7-9(2)20-16-12/h4-7H,1-3H3,(H,15,17). The summed E-state index contributed by atoms with van der Waals surface area (Å²) in [5.74, 6) is -0.221. The highest BCUT2D eigenvalue weighted by Gasteiger charge is 2.13. The molecule has 0 saturated heterocycles. The Bertz CT molecular complexity index is 661. The van der Waals surface area contributed by atoms with E-state index in [2.05, 4.69) is 15.2 Å². The second-order valence-corrected chi connectivity index (χ2v) is 4.30. The lowest BCUT2D eigenvalue weighted by molar-refractivity contribution is 0.0600. The molecule has 0 aliphatic heterocycles. The van der Waals surface area contributed by atoms with Gasteiger partial charge in [0.2, 0.25) is 0 Å². The fourth-order valence-corrected chi connectivity index (χ4v) is 1.71. The van der Waals surface area contributed by atoms with Gasteiger partial charge in [-0.05, 0) is 37.6 Å². The minimum Gasteiger partial charge on any atom is -0.465 e. The van der Waals surface area contributed by atoms with E-state index in [4.69, 9.17) is 4.52 Å². The van der Waals surface area contributed by atoms with Crippen LogP contribution in [0.2, 0.25) is 0 Å². The number of amides is 1. The van der Waals surface area contributed by atoms with Gasteiger partial charge < -0.3 is 14.6 Å². The maximum absolute atomic E-state index is 11.9. The van der Waals surface area contributed by atoms with Crippen LogP contribution in [-0.4, -0.2) is 24.1 Å². The molecule has 20 heavy (non-hydrogen) atoms. The van der Waals surface area contributed by atoms with E-state index in [1.165, 1.54) is 7.11 Å². The topological polar surface area (TPSA) is 81.4 Å². The monoisotopic (exact) mass is 274 g/mol. The third-order valence-electron chi connectivity index (χ3n) is 2.76. The zero-order valence-corrected chi connectivity index (χ0v) is 11.4. The number of ether oxygens (including phenoxy) is 1. The Morgan fingerprint density at radius 1 is 1.25 bits per heavy atom. The normalized spacial score (nSPS) is 10.2. The first-order valence-electron chi connectivity index (χ1n) is 5.95. The van der Waals surface area contributed by atoms with Gasteiger partial charge in [0, 0.05) is 11.8 Å². The molecule has 0 unspecified atom stereocenters. The molecule has 0 atom stereocenters. The maximum Gasteiger partial charge on any atom is 0.337 e. The van der Waals surface area contributed by atoms with Gasteiger partial charge in [-0.15, -0.1) is 0 Å². The molecule has 6 nitrogen and oxygen atoms in total. The van der Waals surface area contributed by atoms with Gasteiger partial charge in [-0.25, -0.2) is 4.79 Å². The highest BCUT2D eigenvalue weighted by Crippen LogP contribution is 2.18. The molecule has 0 bridgehead atoms. The summed E-state index contributed by atoms with van der Waals surface area (Å²) in [6.07, 6.45) is 0. The molecule has 0 saturated carbocycles. The third kappa shape index (κ3) is 2.85. The van der Waals surface area contributed by atoms with Gasteiger partial charge >= 0.3 is 5.97 Å². The molecule has 2 aromatic rings. The first kappa shape index (κ1) is 13.8. The predicted octanol–water partition coefficient (Wildman–Crippen LogP) is 2.33. The van der Waals surface area contributed by atoms with Crippen LogP contribution in [0.25, 0.3) is 0 Å². The largest absolute Gasteiger partial charge is 0.465 e. The van der Waals surface area contributed by atoms with E-state index < -0.39 is 5.97 Å². The van der Waals surface area contributed by atoms with Crippen molar-refractivity contribution in [3.05, 3.63) is 46.8 Å². The van der Waals surface area contributed by atoms with Crippen LogP contribution in [0.4, 0.5) is 5.69 Å². The summed E-state index contributed by atoms with van der Waals surface area (Å²) in [6.45, 7) is 3.50. The average molecular weight is 274 g/mol. The minimum atomic E-state index is -0.418. The van der Waals surface area contributed by atoms with Gasteiger partial charge in [0.25, 0.3) is 5.91 Å². The van der Waals surface area contributed by atoms with E-state index in [1.54, 1.807) is 38.1 Å². The van der Waals surface area contributed by atoms with E-state index in [1.807, 2.05) is 0 Å². The zero-order valence-electron chi connectivity index (χ0n) is 11.4. The van der Waals surface area contributed by atoms with Crippen LogP contribution >= 0.6 is 0 Å². The first-order valence-corrected chi connectivity index (χ1v) is 5.95. The number of carbonyl (C=O) groups excluding carboxylic acids is 2.